The molecular weight excluding hydrogens is 138 g/mol. The van der Waals surface area contributed by atoms with Crippen molar-refractivity contribution in [3.8, 4) is 0 Å². The van der Waals surface area contributed by atoms with E-state index in [2.05, 4.69) is 32.7 Å². The number of rotatable bonds is 4. The van der Waals surface area contributed by atoms with Gasteiger partial charge in [-0.1, -0.05) is 6.92 Å². The maximum absolute atomic E-state index is 9.44. The molecule has 2 heteroatoms. The van der Waals surface area contributed by atoms with Crippen LogP contribution in [0.2, 0.25) is 0 Å². The summed E-state index contributed by atoms with van der Waals surface area (Å²) in [5, 5.41) is 9.44. The fourth-order valence-electron chi connectivity index (χ4n) is 0.943. The second-order valence-electron chi connectivity index (χ2n) is 3.75. The topological polar surface area (TPSA) is 23.5 Å². The zero-order chi connectivity index (χ0) is 9.07. The molecular formula is C9H21NO. The van der Waals surface area contributed by atoms with Crippen LogP contribution < -0.4 is 0 Å². The number of aliphatic hydroxyl groups excluding tert-OH is 1. The van der Waals surface area contributed by atoms with Crippen LogP contribution >= 0.6 is 0 Å². The van der Waals surface area contributed by atoms with Gasteiger partial charge in [0.05, 0.1) is 6.10 Å². The number of aliphatic hydroxyl groups is 1. The third-order valence-electron chi connectivity index (χ3n) is 2.57. The first kappa shape index (κ1) is 10.9. The number of likely N-dealkylation sites (N-methyl/N-ethyl adjacent to an activating group) is 1. The van der Waals surface area contributed by atoms with Crippen molar-refractivity contribution in [1.82, 2.24) is 4.90 Å². The maximum Gasteiger partial charge on any atom is 0.0690 e. The Hall–Kier alpha value is -0.0800. The van der Waals surface area contributed by atoms with Crippen molar-refractivity contribution in [3.63, 3.8) is 0 Å². The lowest BCUT2D eigenvalue weighted by atomic mass is 9.97. The quantitative estimate of drug-likeness (QED) is 0.671. The molecule has 1 unspecified atom stereocenters. The lowest BCUT2D eigenvalue weighted by Crippen LogP contribution is -2.49. The standard InChI is InChI=1S/C9H21NO/c1-6-7-10(5)9(3,4)8(2)11/h8,11H,6-7H2,1-5H3. The summed E-state index contributed by atoms with van der Waals surface area (Å²) >= 11 is 0. The lowest BCUT2D eigenvalue weighted by Gasteiger charge is -2.37. The molecule has 0 amide bonds. The van der Waals surface area contributed by atoms with E-state index >= 15 is 0 Å². The van der Waals surface area contributed by atoms with E-state index in [1.165, 1.54) is 0 Å². The van der Waals surface area contributed by atoms with Gasteiger partial charge < -0.3 is 5.11 Å². The number of hydrogen-bond acceptors (Lipinski definition) is 2. The van der Waals surface area contributed by atoms with Crippen molar-refractivity contribution < 1.29 is 5.11 Å². The van der Waals surface area contributed by atoms with E-state index in [1.807, 2.05) is 6.92 Å². The molecule has 0 fully saturated rings. The van der Waals surface area contributed by atoms with Gasteiger partial charge in [0.2, 0.25) is 0 Å². The summed E-state index contributed by atoms with van der Waals surface area (Å²) in [7, 11) is 2.05. The highest BCUT2D eigenvalue weighted by atomic mass is 16.3. The average Bonchev–Trinajstić information content (AvgIpc) is 1.88. The van der Waals surface area contributed by atoms with Crippen molar-refractivity contribution in [1.29, 1.82) is 0 Å². The molecule has 0 bridgehead atoms. The summed E-state index contributed by atoms with van der Waals surface area (Å²) < 4.78 is 0. The lowest BCUT2D eigenvalue weighted by molar-refractivity contribution is 0.0161. The third-order valence-corrected chi connectivity index (χ3v) is 2.57. The molecule has 0 aliphatic carbocycles. The zero-order valence-electron chi connectivity index (χ0n) is 8.39. The van der Waals surface area contributed by atoms with Crippen LogP contribution in [0.15, 0.2) is 0 Å². The molecule has 11 heavy (non-hydrogen) atoms. The summed E-state index contributed by atoms with van der Waals surface area (Å²) in [6, 6.07) is 0. The highest BCUT2D eigenvalue weighted by Gasteiger charge is 2.27. The monoisotopic (exact) mass is 159 g/mol. The third kappa shape index (κ3) is 2.80. The SMILES string of the molecule is CCCN(C)C(C)(C)C(C)O. The van der Waals surface area contributed by atoms with Gasteiger partial charge in [-0.3, -0.25) is 4.90 Å². The molecule has 0 rings (SSSR count). The molecule has 0 aromatic heterocycles. The normalized spacial score (nSPS) is 15.5. The second kappa shape index (κ2) is 4.07. The van der Waals surface area contributed by atoms with Crippen molar-refractivity contribution in [2.45, 2.75) is 45.8 Å². The van der Waals surface area contributed by atoms with E-state index in [0.29, 0.717) is 0 Å². The van der Waals surface area contributed by atoms with Crippen LogP contribution in [0, 0.1) is 0 Å². The van der Waals surface area contributed by atoms with E-state index in [4.69, 9.17) is 0 Å². The largest absolute Gasteiger partial charge is 0.392 e. The Morgan fingerprint density at radius 3 is 2.18 bits per heavy atom. The van der Waals surface area contributed by atoms with Crippen LogP contribution in [-0.4, -0.2) is 35.2 Å². The van der Waals surface area contributed by atoms with Gasteiger partial charge in [0.15, 0.2) is 0 Å². The Kier molecular flexibility index (Phi) is 4.04. The zero-order valence-corrected chi connectivity index (χ0v) is 8.39. The first-order valence-corrected chi connectivity index (χ1v) is 4.32. The molecule has 0 heterocycles. The number of nitrogens with zero attached hydrogens (tertiary/aromatic N) is 1. The van der Waals surface area contributed by atoms with Crippen LogP contribution in [0.5, 0.6) is 0 Å². The smallest absolute Gasteiger partial charge is 0.0690 e. The Morgan fingerprint density at radius 1 is 1.45 bits per heavy atom. The minimum Gasteiger partial charge on any atom is -0.392 e. The molecule has 1 N–H and O–H groups in total. The van der Waals surface area contributed by atoms with E-state index < -0.39 is 0 Å². The molecule has 2 nitrogen and oxygen atoms in total. The Morgan fingerprint density at radius 2 is 1.91 bits per heavy atom. The minimum absolute atomic E-state index is 0.101. The summed E-state index contributed by atoms with van der Waals surface area (Å²) in [6.07, 6.45) is 0.853. The van der Waals surface area contributed by atoms with Crippen LogP contribution in [0.25, 0.3) is 0 Å². The van der Waals surface area contributed by atoms with Gasteiger partial charge >= 0.3 is 0 Å². The molecule has 0 aliphatic heterocycles. The Labute approximate surface area is 70.2 Å². The molecule has 0 aromatic carbocycles. The van der Waals surface area contributed by atoms with Gasteiger partial charge in [0.25, 0.3) is 0 Å². The first-order valence-electron chi connectivity index (χ1n) is 4.32. The summed E-state index contributed by atoms with van der Waals surface area (Å²) in [4.78, 5) is 2.19. The molecule has 0 aromatic rings. The van der Waals surface area contributed by atoms with Gasteiger partial charge in [-0.15, -0.1) is 0 Å². The Balaban J connectivity index is 4.05. The van der Waals surface area contributed by atoms with E-state index in [1.54, 1.807) is 0 Å². The summed E-state index contributed by atoms with van der Waals surface area (Å²) in [5.74, 6) is 0. The maximum atomic E-state index is 9.44. The van der Waals surface area contributed by atoms with Crippen molar-refractivity contribution in [3.05, 3.63) is 0 Å². The first-order chi connectivity index (χ1) is 4.92. The highest BCUT2D eigenvalue weighted by molar-refractivity contribution is 4.84. The van der Waals surface area contributed by atoms with Gasteiger partial charge in [0, 0.05) is 5.54 Å². The number of hydrogen-bond donors (Lipinski definition) is 1. The molecule has 0 radical (unpaired) electrons. The van der Waals surface area contributed by atoms with E-state index in [0.717, 1.165) is 13.0 Å². The fourth-order valence-corrected chi connectivity index (χ4v) is 0.943. The molecule has 0 aliphatic rings. The summed E-state index contributed by atoms with van der Waals surface area (Å²) in [5.41, 5.74) is -0.101. The van der Waals surface area contributed by atoms with Gasteiger partial charge in [-0.25, -0.2) is 0 Å². The van der Waals surface area contributed by atoms with Crippen molar-refractivity contribution >= 4 is 0 Å². The van der Waals surface area contributed by atoms with Gasteiger partial charge in [-0.05, 0) is 40.8 Å². The average molecular weight is 159 g/mol. The second-order valence-corrected chi connectivity index (χ2v) is 3.75. The minimum atomic E-state index is -0.279. The predicted molar refractivity (Wildman–Crippen MR) is 48.7 cm³/mol. The van der Waals surface area contributed by atoms with E-state index in [-0.39, 0.29) is 11.6 Å². The van der Waals surface area contributed by atoms with Crippen LogP contribution in [0.1, 0.15) is 34.1 Å². The highest BCUT2D eigenvalue weighted by Crippen LogP contribution is 2.16. The van der Waals surface area contributed by atoms with Crippen LogP contribution in [0.4, 0.5) is 0 Å². The van der Waals surface area contributed by atoms with Crippen molar-refractivity contribution in [2.75, 3.05) is 13.6 Å². The van der Waals surface area contributed by atoms with Crippen molar-refractivity contribution in [2.24, 2.45) is 0 Å². The molecule has 0 spiro atoms. The predicted octanol–water partition coefficient (Wildman–Crippen LogP) is 1.49. The molecule has 0 saturated heterocycles. The van der Waals surface area contributed by atoms with Gasteiger partial charge in [0.1, 0.15) is 0 Å². The molecule has 1 atom stereocenters. The van der Waals surface area contributed by atoms with Crippen LogP contribution in [-0.2, 0) is 0 Å². The molecule has 68 valence electrons. The van der Waals surface area contributed by atoms with Gasteiger partial charge in [-0.2, -0.15) is 0 Å². The van der Waals surface area contributed by atoms with E-state index in [9.17, 15) is 5.11 Å². The Bertz CT molecular complexity index is 110. The molecule has 0 saturated carbocycles. The fraction of sp³-hybridized carbons (Fsp3) is 1.00. The van der Waals surface area contributed by atoms with Crippen LogP contribution in [0.3, 0.4) is 0 Å². The summed E-state index contributed by atoms with van der Waals surface area (Å²) in [6.45, 7) is 9.15.